The first-order valence-corrected chi connectivity index (χ1v) is 11.5. The highest BCUT2D eigenvalue weighted by Crippen LogP contribution is 2.37. The summed E-state index contributed by atoms with van der Waals surface area (Å²) in [5.74, 6) is -4.37. The lowest BCUT2D eigenvalue weighted by atomic mass is 9.79. The molecule has 1 saturated carbocycles. The maximum absolute atomic E-state index is 14.9. The van der Waals surface area contributed by atoms with Gasteiger partial charge in [0.1, 0.15) is 0 Å². The highest BCUT2D eigenvalue weighted by molar-refractivity contribution is 5.70. The van der Waals surface area contributed by atoms with Crippen molar-refractivity contribution in [3.63, 3.8) is 0 Å². The van der Waals surface area contributed by atoms with E-state index in [2.05, 4.69) is 22.1 Å². The molecule has 0 N–H and O–H groups in total. The van der Waals surface area contributed by atoms with Gasteiger partial charge in [0.15, 0.2) is 29.0 Å². The summed E-state index contributed by atoms with van der Waals surface area (Å²) in [7, 11) is 0. The van der Waals surface area contributed by atoms with Crippen LogP contribution in [0.3, 0.4) is 0 Å². The molecule has 0 atom stereocenters. The number of halogens is 4. The predicted molar refractivity (Wildman–Crippen MR) is 123 cm³/mol. The number of aromatic nitrogens is 2. The van der Waals surface area contributed by atoms with Crippen molar-refractivity contribution in [1.29, 1.82) is 0 Å². The Labute approximate surface area is 196 Å². The van der Waals surface area contributed by atoms with Crippen LogP contribution in [0.2, 0.25) is 0 Å². The topological polar surface area (TPSA) is 35.0 Å². The summed E-state index contributed by atoms with van der Waals surface area (Å²) in [4.78, 5) is 8.53. The largest absolute Gasteiger partial charge is 0.491 e. The van der Waals surface area contributed by atoms with Gasteiger partial charge in [-0.3, -0.25) is 0 Å². The summed E-state index contributed by atoms with van der Waals surface area (Å²) in [5, 5.41) is 0. The second-order valence-corrected chi connectivity index (χ2v) is 8.44. The van der Waals surface area contributed by atoms with Crippen LogP contribution in [0, 0.1) is 29.2 Å². The van der Waals surface area contributed by atoms with Crippen LogP contribution in [0.1, 0.15) is 51.0 Å². The van der Waals surface area contributed by atoms with Gasteiger partial charge < -0.3 is 4.74 Å². The first-order chi connectivity index (χ1) is 16.4. The zero-order valence-electron chi connectivity index (χ0n) is 19.1. The van der Waals surface area contributed by atoms with Gasteiger partial charge in [0.2, 0.25) is 5.82 Å². The number of rotatable bonds is 6. The highest BCUT2D eigenvalue weighted by Gasteiger charge is 2.24. The average molecular weight is 471 g/mol. The smallest absolute Gasteiger partial charge is 0.201 e. The van der Waals surface area contributed by atoms with E-state index in [1.807, 2.05) is 6.92 Å². The minimum absolute atomic E-state index is 0.0349. The second-order valence-electron chi connectivity index (χ2n) is 8.44. The molecule has 0 spiro atoms. The molecule has 1 aromatic heterocycles. The Morgan fingerprint density at radius 3 is 2.00 bits per heavy atom. The van der Waals surface area contributed by atoms with Crippen LogP contribution in [0.25, 0.3) is 22.5 Å². The van der Waals surface area contributed by atoms with Gasteiger partial charge in [-0.15, -0.1) is 0 Å². The molecule has 0 saturated heterocycles. The van der Waals surface area contributed by atoms with Crippen LogP contribution in [0.15, 0.2) is 48.8 Å². The number of hydrogen-bond acceptors (Lipinski definition) is 3. The lowest BCUT2D eigenvalue weighted by molar-refractivity contribution is 0.314. The number of allylic oxidation sites excluding steroid dienone is 2. The summed E-state index contributed by atoms with van der Waals surface area (Å²) in [6.07, 6.45) is 11.9. The lowest BCUT2D eigenvalue weighted by Gasteiger charge is -2.26. The summed E-state index contributed by atoms with van der Waals surface area (Å²) < 4.78 is 63.6. The highest BCUT2D eigenvalue weighted by atomic mass is 19.2. The number of benzene rings is 2. The quantitative estimate of drug-likeness (QED) is 0.275. The van der Waals surface area contributed by atoms with Crippen molar-refractivity contribution < 1.29 is 22.3 Å². The molecule has 34 heavy (non-hydrogen) atoms. The Kier molecular flexibility index (Phi) is 7.29. The Hall–Kier alpha value is -3.22. The molecule has 0 radical (unpaired) electrons. The maximum Gasteiger partial charge on any atom is 0.201 e. The van der Waals surface area contributed by atoms with Crippen molar-refractivity contribution in [3.8, 4) is 28.3 Å². The maximum atomic E-state index is 14.9. The van der Waals surface area contributed by atoms with Crippen molar-refractivity contribution in [2.75, 3.05) is 6.61 Å². The third-order valence-electron chi connectivity index (χ3n) is 6.34. The van der Waals surface area contributed by atoms with E-state index in [1.165, 1.54) is 18.2 Å². The van der Waals surface area contributed by atoms with Crippen LogP contribution in [0.5, 0.6) is 5.75 Å². The van der Waals surface area contributed by atoms with E-state index < -0.39 is 34.4 Å². The summed E-state index contributed by atoms with van der Waals surface area (Å²) in [6.45, 7) is 3.80. The predicted octanol–water partition coefficient (Wildman–Crippen LogP) is 7.62. The number of nitrogens with zero attached hydrogens (tertiary/aromatic N) is 2. The Bertz CT molecular complexity index is 1190. The second kappa shape index (κ2) is 10.4. The summed E-state index contributed by atoms with van der Waals surface area (Å²) in [6, 6.07) is 4.83. The van der Waals surface area contributed by atoms with Gasteiger partial charge in [0.05, 0.1) is 12.2 Å². The van der Waals surface area contributed by atoms with Crippen molar-refractivity contribution in [1.82, 2.24) is 9.97 Å². The Morgan fingerprint density at radius 1 is 0.824 bits per heavy atom. The van der Waals surface area contributed by atoms with Crippen molar-refractivity contribution in [3.05, 3.63) is 77.6 Å². The zero-order valence-corrected chi connectivity index (χ0v) is 19.1. The molecular weight excluding hydrogens is 444 g/mol. The zero-order chi connectivity index (χ0) is 24.2. The van der Waals surface area contributed by atoms with E-state index in [9.17, 15) is 17.6 Å². The van der Waals surface area contributed by atoms with Gasteiger partial charge >= 0.3 is 0 Å². The minimum Gasteiger partial charge on any atom is -0.491 e. The molecule has 1 aliphatic carbocycles. The van der Waals surface area contributed by atoms with Crippen LogP contribution in [-0.2, 0) is 0 Å². The van der Waals surface area contributed by atoms with Gasteiger partial charge in [-0.2, -0.15) is 4.39 Å². The third-order valence-corrected chi connectivity index (χ3v) is 6.34. The standard InChI is InChI=1S/C27H26F4N2O/c1-3-5-16-6-8-17(9-7-16)18-14-32-27(33-15-18)21-11-10-19(23(28)25(21)30)20-12-13-22(34-4-2)26(31)24(20)29/h3,5,10-17H,4,6-9H2,1-2H3/b5-3+. The van der Waals surface area contributed by atoms with E-state index in [0.717, 1.165) is 37.3 Å². The Balaban J connectivity index is 1.58. The molecule has 178 valence electrons. The van der Waals surface area contributed by atoms with Crippen LogP contribution < -0.4 is 4.74 Å². The van der Waals surface area contributed by atoms with Gasteiger partial charge in [-0.1, -0.05) is 18.2 Å². The molecule has 0 unspecified atom stereocenters. The molecule has 1 aliphatic rings. The molecular formula is C27H26F4N2O. The molecule has 2 aromatic carbocycles. The molecule has 3 nitrogen and oxygen atoms in total. The average Bonchev–Trinajstić information content (AvgIpc) is 2.85. The van der Waals surface area contributed by atoms with Crippen molar-refractivity contribution >= 4 is 0 Å². The van der Waals surface area contributed by atoms with E-state index in [0.29, 0.717) is 11.8 Å². The fourth-order valence-electron chi connectivity index (χ4n) is 4.54. The summed E-state index contributed by atoms with van der Waals surface area (Å²) >= 11 is 0. The first-order valence-electron chi connectivity index (χ1n) is 11.5. The van der Waals surface area contributed by atoms with Gasteiger partial charge in [0, 0.05) is 23.5 Å². The van der Waals surface area contributed by atoms with Crippen molar-refractivity contribution in [2.45, 2.75) is 45.4 Å². The first kappa shape index (κ1) is 23.9. The van der Waals surface area contributed by atoms with Gasteiger partial charge in [0.25, 0.3) is 0 Å². The molecule has 0 aliphatic heterocycles. The van der Waals surface area contributed by atoms with Crippen molar-refractivity contribution in [2.24, 2.45) is 5.92 Å². The van der Waals surface area contributed by atoms with E-state index in [1.54, 1.807) is 19.3 Å². The fraction of sp³-hybridized carbons (Fsp3) is 0.333. The fourth-order valence-corrected chi connectivity index (χ4v) is 4.54. The van der Waals surface area contributed by atoms with Gasteiger partial charge in [-0.05, 0) is 75.1 Å². The number of ether oxygens (including phenoxy) is 1. The van der Waals surface area contributed by atoms with Gasteiger partial charge in [-0.25, -0.2) is 23.1 Å². The molecule has 1 heterocycles. The molecule has 0 amide bonds. The molecule has 0 bridgehead atoms. The minimum atomic E-state index is -1.30. The van der Waals surface area contributed by atoms with Crippen LogP contribution >= 0.6 is 0 Å². The van der Waals surface area contributed by atoms with E-state index in [4.69, 9.17) is 4.74 Å². The monoisotopic (exact) mass is 470 g/mol. The molecule has 4 rings (SSSR count). The number of hydrogen-bond donors (Lipinski definition) is 0. The summed E-state index contributed by atoms with van der Waals surface area (Å²) in [5.41, 5.74) is 0.0485. The van der Waals surface area contributed by atoms with E-state index in [-0.39, 0.29) is 23.7 Å². The van der Waals surface area contributed by atoms with Crippen LogP contribution in [-0.4, -0.2) is 16.6 Å². The van der Waals surface area contributed by atoms with E-state index >= 15 is 0 Å². The van der Waals surface area contributed by atoms with Crippen LogP contribution in [0.4, 0.5) is 17.6 Å². The SMILES string of the molecule is C/C=C/C1CCC(c2cnc(-c3ccc(-c4ccc(OCC)c(F)c4F)c(F)c3F)nc2)CC1. The third kappa shape index (κ3) is 4.69. The molecule has 3 aromatic rings. The lowest BCUT2D eigenvalue weighted by Crippen LogP contribution is -2.12. The molecule has 1 fully saturated rings. The Morgan fingerprint density at radius 2 is 1.38 bits per heavy atom. The molecule has 7 heteroatoms. The normalized spacial score (nSPS) is 18.4.